The molecular formula is C19H26N4O3. The first-order valence-electron chi connectivity index (χ1n) is 9.02. The Bertz CT molecular complexity index is 788. The molecule has 1 aromatic carbocycles. The van der Waals surface area contributed by atoms with Gasteiger partial charge in [0.25, 0.3) is 5.56 Å². The molecule has 1 heterocycles. The lowest BCUT2D eigenvalue weighted by Gasteiger charge is -2.10. The Morgan fingerprint density at radius 2 is 2.12 bits per heavy atom. The van der Waals surface area contributed by atoms with Crippen LogP contribution in [0, 0.1) is 0 Å². The molecule has 26 heavy (non-hydrogen) atoms. The summed E-state index contributed by atoms with van der Waals surface area (Å²) in [6.45, 7) is 6.61. The highest BCUT2D eigenvalue weighted by molar-refractivity contribution is 5.76. The number of rotatable bonds is 9. The summed E-state index contributed by atoms with van der Waals surface area (Å²) in [5.41, 5.74) is 0.655. The van der Waals surface area contributed by atoms with Gasteiger partial charge in [0, 0.05) is 24.4 Å². The third-order valence-corrected chi connectivity index (χ3v) is 3.95. The highest BCUT2D eigenvalue weighted by atomic mass is 16.5. The number of benzene rings is 1. The van der Waals surface area contributed by atoms with E-state index in [1.165, 1.54) is 0 Å². The summed E-state index contributed by atoms with van der Waals surface area (Å²) in [7, 11) is 0. The van der Waals surface area contributed by atoms with Gasteiger partial charge < -0.3 is 15.0 Å². The molecule has 0 saturated carbocycles. The normalized spacial score (nSPS) is 11.8. The number of amides is 1. The van der Waals surface area contributed by atoms with Crippen molar-refractivity contribution in [1.29, 1.82) is 0 Å². The Balaban J connectivity index is 2.05. The standard InChI is InChI=1S/C19H26N4O3/c1-4-11-26-15-8-6-7-14(12-15)18-21-19(25)16(22-23-18)9-10-17(24)20-13(3)5-2/h6-8,12-13H,4-5,9-11H2,1-3H3,(H,20,24)(H,21,23,25)/t13-/m1/s1. The van der Waals surface area contributed by atoms with E-state index in [-0.39, 0.29) is 36.0 Å². The van der Waals surface area contributed by atoms with Crippen molar-refractivity contribution < 1.29 is 9.53 Å². The minimum atomic E-state index is -0.328. The molecule has 2 aromatic rings. The van der Waals surface area contributed by atoms with E-state index in [9.17, 15) is 9.59 Å². The molecule has 0 radical (unpaired) electrons. The van der Waals surface area contributed by atoms with Gasteiger partial charge in [-0.2, -0.15) is 0 Å². The zero-order valence-corrected chi connectivity index (χ0v) is 15.5. The Labute approximate surface area is 153 Å². The van der Waals surface area contributed by atoms with E-state index in [1.807, 2.05) is 45.0 Å². The van der Waals surface area contributed by atoms with Crippen LogP contribution in [-0.4, -0.2) is 33.7 Å². The second-order valence-corrected chi connectivity index (χ2v) is 6.20. The quantitative estimate of drug-likeness (QED) is 0.718. The average Bonchev–Trinajstić information content (AvgIpc) is 2.65. The van der Waals surface area contributed by atoms with Crippen LogP contribution in [0.2, 0.25) is 0 Å². The van der Waals surface area contributed by atoms with Crippen molar-refractivity contribution in [3.63, 3.8) is 0 Å². The molecule has 0 aliphatic rings. The zero-order chi connectivity index (χ0) is 18.9. The number of hydrogen-bond donors (Lipinski definition) is 2. The zero-order valence-electron chi connectivity index (χ0n) is 15.5. The number of hydrogen-bond acceptors (Lipinski definition) is 5. The highest BCUT2D eigenvalue weighted by Crippen LogP contribution is 2.20. The van der Waals surface area contributed by atoms with Crippen molar-refractivity contribution in [3.8, 4) is 17.1 Å². The van der Waals surface area contributed by atoms with Crippen molar-refractivity contribution in [3.05, 3.63) is 40.3 Å². The van der Waals surface area contributed by atoms with Crippen LogP contribution in [0.3, 0.4) is 0 Å². The second-order valence-electron chi connectivity index (χ2n) is 6.20. The molecule has 0 fully saturated rings. The third-order valence-electron chi connectivity index (χ3n) is 3.95. The smallest absolute Gasteiger partial charge is 0.273 e. The number of carbonyl (C=O) groups excluding carboxylic acids is 1. The van der Waals surface area contributed by atoms with Crippen molar-refractivity contribution >= 4 is 5.91 Å². The largest absolute Gasteiger partial charge is 0.494 e. The van der Waals surface area contributed by atoms with Gasteiger partial charge in [-0.3, -0.25) is 9.59 Å². The molecular weight excluding hydrogens is 332 g/mol. The lowest BCUT2D eigenvalue weighted by atomic mass is 10.2. The summed E-state index contributed by atoms with van der Waals surface area (Å²) in [6.07, 6.45) is 2.24. The lowest BCUT2D eigenvalue weighted by molar-refractivity contribution is -0.121. The van der Waals surface area contributed by atoms with Crippen molar-refractivity contribution in [1.82, 2.24) is 20.5 Å². The Hall–Kier alpha value is -2.70. The first kappa shape index (κ1) is 19.6. The van der Waals surface area contributed by atoms with E-state index in [4.69, 9.17) is 4.74 Å². The van der Waals surface area contributed by atoms with Gasteiger partial charge in [0.1, 0.15) is 11.4 Å². The summed E-state index contributed by atoms with van der Waals surface area (Å²) in [5.74, 6) is 1.01. The van der Waals surface area contributed by atoms with Gasteiger partial charge in [-0.05, 0) is 31.9 Å². The second kappa shape index (κ2) is 9.70. The fourth-order valence-corrected chi connectivity index (χ4v) is 2.29. The van der Waals surface area contributed by atoms with E-state index in [1.54, 1.807) is 0 Å². The maximum atomic E-state index is 12.2. The maximum Gasteiger partial charge on any atom is 0.273 e. The van der Waals surface area contributed by atoms with Gasteiger partial charge in [0.2, 0.25) is 5.91 Å². The van der Waals surface area contributed by atoms with Crippen LogP contribution in [-0.2, 0) is 11.2 Å². The number of aromatic nitrogens is 3. The summed E-state index contributed by atoms with van der Waals surface area (Å²) in [4.78, 5) is 26.8. The van der Waals surface area contributed by atoms with Crippen LogP contribution in [0.1, 0.15) is 45.7 Å². The van der Waals surface area contributed by atoms with E-state index in [0.717, 1.165) is 24.2 Å². The van der Waals surface area contributed by atoms with E-state index in [2.05, 4.69) is 20.5 Å². The topological polar surface area (TPSA) is 97.0 Å². The summed E-state index contributed by atoms with van der Waals surface area (Å²) in [5, 5.41) is 11.0. The third kappa shape index (κ3) is 5.68. The predicted molar refractivity (Wildman–Crippen MR) is 100 cm³/mol. The van der Waals surface area contributed by atoms with Crippen LogP contribution in [0.4, 0.5) is 0 Å². The molecule has 1 amide bonds. The average molecular weight is 358 g/mol. The minimum absolute atomic E-state index is 0.0922. The molecule has 140 valence electrons. The molecule has 0 bridgehead atoms. The summed E-state index contributed by atoms with van der Waals surface area (Å²) < 4.78 is 5.59. The number of aryl methyl sites for hydroxylation is 1. The molecule has 1 aromatic heterocycles. The minimum Gasteiger partial charge on any atom is -0.494 e. The van der Waals surface area contributed by atoms with Crippen LogP contribution >= 0.6 is 0 Å². The van der Waals surface area contributed by atoms with Crippen molar-refractivity contribution in [2.75, 3.05) is 6.61 Å². The van der Waals surface area contributed by atoms with Gasteiger partial charge in [-0.15, -0.1) is 10.2 Å². The molecule has 2 N–H and O–H groups in total. The maximum absolute atomic E-state index is 12.2. The number of carbonyl (C=O) groups is 1. The Morgan fingerprint density at radius 3 is 2.81 bits per heavy atom. The first-order chi connectivity index (χ1) is 12.5. The fraction of sp³-hybridized carbons (Fsp3) is 0.474. The van der Waals surface area contributed by atoms with Crippen LogP contribution in [0.25, 0.3) is 11.4 Å². The molecule has 1 atom stereocenters. The summed E-state index contributed by atoms with van der Waals surface area (Å²) >= 11 is 0. The molecule has 0 aliphatic heterocycles. The number of nitrogens with zero attached hydrogens (tertiary/aromatic N) is 2. The van der Waals surface area contributed by atoms with E-state index < -0.39 is 0 Å². The van der Waals surface area contributed by atoms with Gasteiger partial charge in [0.05, 0.1) is 6.61 Å². The molecule has 2 rings (SSSR count). The van der Waals surface area contributed by atoms with Gasteiger partial charge in [-0.1, -0.05) is 26.0 Å². The van der Waals surface area contributed by atoms with Gasteiger partial charge in [-0.25, -0.2) is 0 Å². The van der Waals surface area contributed by atoms with E-state index >= 15 is 0 Å². The lowest BCUT2D eigenvalue weighted by Crippen LogP contribution is -2.32. The number of nitrogens with one attached hydrogen (secondary N) is 2. The SMILES string of the molecule is CCCOc1cccc(-c2nnc(CCC(=O)N[C@H](C)CC)c(=O)[nH]2)c1. The molecule has 0 saturated heterocycles. The molecule has 0 unspecified atom stereocenters. The number of H-pyrrole nitrogens is 1. The van der Waals surface area contributed by atoms with Gasteiger partial charge in [0.15, 0.2) is 5.82 Å². The first-order valence-corrected chi connectivity index (χ1v) is 9.02. The Kier molecular flexibility index (Phi) is 7.32. The summed E-state index contributed by atoms with van der Waals surface area (Å²) in [6, 6.07) is 7.46. The monoisotopic (exact) mass is 358 g/mol. The van der Waals surface area contributed by atoms with Crippen molar-refractivity contribution in [2.24, 2.45) is 0 Å². The van der Waals surface area contributed by atoms with Gasteiger partial charge >= 0.3 is 0 Å². The van der Waals surface area contributed by atoms with Crippen molar-refractivity contribution in [2.45, 2.75) is 52.5 Å². The molecule has 7 heteroatoms. The fourth-order valence-electron chi connectivity index (χ4n) is 2.29. The van der Waals surface area contributed by atoms with Crippen LogP contribution in [0.5, 0.6) is 5.75 Å². The Morgan fingerprint density at radius 1 is 1.31 bits per heavy atom. The highest BCUT2D eigenvalue weighted by Gasteiger charge is 2.11. The predicted octanol–water partition coefficient (Wildman–Crippen LogP) is 2.47. The molecule has 0 aliphatic carbocycles. The molecule has 7 nitrogen and oxygen atoms in total. The number of aromatic amines is 1. The van der Waals surface area contributed by atoms with Crippen LogP contribution in [0.15, 0.2) is 29.1 Å². The molecule has 0 spiro atoms. The van der Waals surface area contributed by atoms with E-state index in [0.29, 0.717) is 12.4 Å². The number of ether oxygens (including phenoxy) is 1. The van der Waals surface area contributed by atoms with Crippen LogP contribution < -0.4 is 15.6 Å².